The van der Waals surface area contributed by atoms with E-state index in [9.17, 15) is 0 Å². The smallest absolute Gasteiger partial charge is 0.0300 e. The van der Waals surface area contributed by atoms with E-state index in [0.29, 0.717) is 5.92 Å². The van der Waals surface area contributed by atoms with Crippen LogP contribution >= 0.6 is 11.3 Å². The van der Waals surface area contributed by atoms with Crippen molar-refractivity contribution in [3.8, 4) is 22.5 Å². The van der Waals surface area contributed by atoms with Crippen molar-refractivity contribution < 1.29 is 20.1 Å². The number of benzene rings is 3. The van der Waals surface area contributed by atoms with E-state index in [0.717, 1.165) is 22.5 Å². The second-order valence-electron chi connectivity index (χ2n) is 11.3. The zero-order chi connectivity index (χ0) is 27.6. The predicted octanol–water partition coefficient (Wildman–Crippen LogP) is 9.44. The minimum atomic E-state index is -1.47. The van der Waals surface area contributed by atoms with Crippen LogP contribution in [-0.2, 0) is 20.1 Å². The Bertz CT molecular complexity index is 1700. The Kier molecular flexibility index (Phi) is 9.53. The van der Waals surface area contributed by atoms with Crippen LogP contribution in [0.4, 0.5) is 0 Å². The summed E-state index contributed by atoms with van der Waals surface area (Å²) < 4.78 is 2.68. The fourth-order valence-electron chi connectivity index (χ4n) is 4.63. The first-order valence-corrected chi connectivity index (χ1v) is 17.8. The number of aryl methyl sites for hydroxylation is 1. The van der Waals surface area contributed by atoms with E-state index < -0.39 is 8.07 Å². The van der Waals surface area contributed by atoms with Crippen LogP contribution in [-0.4, -0.2) is 18.0 Å². The van der Waals surface area contributed by atoms with Crippen LogP contribution in [0.25, 0.3) is 42.7 Å². The first kappa shape index (κ1) is 30.0. The summed E-state index contributed by atoms with van der Waals surface area (Å²) in [5, 5.41) is 4.29. The fraction of sp³-hybridized carbons (Fsp3) is 0.200. The summed E-state index contributed by atoms with van der Waals surface area (Å²) in [6.07, 6.45) is 3.88. The average molecular weight is 735 g/mol. The summed E-state index contributed by atoms with van der Waals surface area (Å²) in [7, 11) is -1.47. The zero-order valence-electron chi connectivity index (χ0n) is 23.9. The van der Waals surface area contributed by atoms with E-state index in [1.807, 2.05) is 61.0 Å². The van der Waals surface area contributed by atoms with Crippen LogP contribution in [0.5, 0.6) is 0 Å². The van der Waals surface area contributed by atoms with Gasteiger partial charge in [-0.1, -0.05) is 81.3 Å². The minimum absolute atomic E-state index is 0. The SMILES string of the molecule is CC(C)c1ccc(-c2[c-]cc([Si](C)(C)C)c3c2sc2ccccc23)nc1.Cc1ccc(-c2[c-]cccc2)nc1.[Ir]. The van der Waals surface area contributed by atoms with E-state index in [1.54, 1.807) is 0 Å². The Labute approximate surface area is 256 Å². The first-order chi connectivity index (χ1) is 18.7. The molecule has 0 aliphatic carbocycles. The Morgan fingerprint density at radius 2 is 1.52 bits per heavy atom. The van der Waals surface area contributed by atoms with Gasteiger partial charge in [-0.3, -0.25) is 0 Å². The molecule has 0 saturated heterocycles. The summed E-state index contributed by atoms with van der Waals surface area (Å²) in [5.74, 6) is 0.499. The third kappa shape index (κ3) is 6.50. The third-order valence-electron chi connectivity index (χ3n) is 6.87. The molecular formula is C35H34IrN2SSi-2. The topological polar surface area (TPSA) is 25.8 Å². The monoisotopic (exact) mass is 735 g/mol. The van der Waals surface area contributed by atoms with Crippen LogP contribution in [0.2, 0.25) is 19.6 Å². The van der Waals surface area contributed by atoms with Gasteiger partial charge in [0.05, 0.1) is 0 Å². The summed E-state index contributed by atoms with van der Waals surface area (Å²) in [6.45, 7) is 13.7. The molecule has 2 nitrogen and oxygen atoms in total. The number of fused-ring (bicyclic) bond motifs is 3. The molecule has 0 saturated carbocycles. The molecule has 5 heteroatoms. The summed E-state index contributed by atoms with van der Waals surface area (Å²) in [6, 6.07) is 34.0. The summed E-state index contributed by atoms with van der Waals surface area (Å²) >= 11 is 1.87. The molecule has 0 unspecified atom stereocenters. The molecular weight excluding hydrogens is 701 g/mol. The second-order valence-corrected chi connectivity index (χ2v) is 17.3. The molecule has 205 valence electrons. The summed E-state index contributed by atoms with van der Waals surface area (Å²) in [4.78, 5) is 9.09. The number of hydrogen-bond acceptors (Lipinski definition) is 3. The molecule has 3 aromatic heterocycles. The van der Waals surface area contributed by atoms with Gasteiger partial charge in [0.25, 0.3) is 0 Å². The van der Waals surface area contributed by atoms with Gasteiger partial charge in [0.2, 0.25) is 0 Å². The Hall–Kier alpha value is -2.95. The molecule has 1 radical (unpaired) electrons. The number of nitrogens with zero attached hydrogens (tertiary/aromatic N) is 2. The van der Waals surface area contributed by atoms with Crippen molar-refractivity contribution in [1.29, 1.82) is 0 Å². The van der Waals surface area contributed by atoms with Gasteiger partial charge < -0.3 is 9.97 Å². The van der Waals surface area contributed by atoms with Crippen molar-refractivity contribution in [3.05, 3.63) is 115 Å². The molecule has 0 amide bonds. The van der Waals surface area contributed by atoms with Gasteiger partial charge in [-0.15, -0.1) is 58.8 Å². The van der Waals surface area contributed by atoms with Crippen LogP contribution in [0.15, 0.2) is 91.3 Å². The Morgan fingerprint density at radius 1 is 0.800 bits per heavy atom. The van der Waals surface area contributed by atoms with Crippen molar-refractivity contribution >= 4 is 44.8 Å². The molecule has 0 aliphatic heterocycles. The molecule has 0 aliphatic rings. The molecule has 3 aromatic carbocycles. The van der Waals surface area contributed by atoms with Crippen molar-refractivity contribution in [1.82, 2.24) is 9.97 Å². The van der Waals surface area contributed by atoms with Gasteiger partial charge in [-0.05, 0) is 51.5 Å². The molecule has 0 fully saturated rings. The largest absolute Gasteiger partial charge is 0.304 e. The third-order valence-corrected chi connectivity index (χ3v) is 10.1. The molecule has 3 heterocycles. The zero-order valence-corrected chi connectivity index (χ0v) is 28.1. The number of hydrogen-bond donors (Lipinski definition) is 0. The molecule has 6 rings (SSSR count). The molecule has 0 bridgehead atoms. The van der Waals surface area contributed by atoms with Gasteiger partial charge in [-0.2, -0.15) is 11.3 Å². The first-order valence-electron chi connectivity index (χ1n) is 13.4. The van der Waals surface area contributed by atoms with Gasteiger partial charge in [0.1, 0.15) is 0 Å². The molecule has 6 aromatic rings. The van der Waals surface area contributed by atoms with Crippen molar-refractivity contribution in [3.63, 3.8) is 0 Å². The number of pyridine rings is 2. The fourth-order valence-corrected chi connectivity index (χ4v) is 7.47. The normalized spacial score (nSPS) is 11.3. The maximum Gasteiger partial charge on any atom is 0.0300 e. The van der Waals surface area contributed by atoms with E-state index in [2.05, 4.69) is 99.1 Å². The standard InChI is InChI=1S/C23H24NSSi.C12H10N.Ir/c1-15(2)16-10-12-19(24-14-16)17-11-13-21(26(3,4)5)22-18-8-6-7-9-20(18)25-23(17)22;1-10-7-8-12(13-9-10)11-5-3-2-4-6-11;/h6-10,12-15H,1-5H3;2-5,7-9H,1H3;/q2*-1;. The maximum absolute atomic E-state index is 4.77. The molecule has 0 atom stereocenters. The maximum atomic E-state index is 4.77. The van der Waals surface area contributed by atoms with E-state index in [-0.39, 0.29) is 20.1 Å². The van der Waals surface area contributed by atoms with Gasteiger partial charge >= 0.3 is 0 Å². The average Bonchev–Trinajstić information content (AvgIpc) is 3.33. The van der Waals surface area contributed by atoms with Crippen LogP contribution in [0.1, 0.15) is 30.9 Å². The molecule has 0 N–H and O–H groups in total. The van der Waals surface area contributed by atoms with Crippen LogP contribution in [0.3, 0.4) is 0 Å². The minimum Gasteiger partial charge on any atom is -0.304 e. The molecule has 40 heavy (non-hydrogen) atoms. The Balaban J connectivity index is 0.000000223. The van der Waals surface area contributed by atoms with E-state index in [1.165, 1.54) is 36.5 Å². The molecule has 0 spiro atoms. The summed E-state index contributed by atoms with van der Waals surface area (Å²) in [5.41, 5.74) is 6.64. The van der Waals surface area contributed by atoms with Gasteiger partial charge in [-0.25, -0.2) is 0 Å². The van der Waals surface area contributed by atoms with Crippen LogP contribution in [0, 0.1) is 19.1 Å². The van der Waals surface area contributed by atoms with Crippen molar-refractivity contribution in [2.45, 2.75) is 46.3 Å². The Morgan fingerprint density at radius 3 is 2.15 bits per heavy atom. The van der Waals surface area contributed by atoms with Gasteiger partial charge in [0, 0.05) is 45.3 Å². The number of aromatic nitrogens is 2. The van der Waals surface area contributed by atoms with Crippen LogP contribution < -0.4 is 5.19 Å². The number of rotatable bonds is 4. The van der Waals surface area contributed by atoms with E-state index in [4.69, 9.17) is 4.98 Å². The quantitative estimate of drug-likeness (QED) is 0.133. The second kappa shape index (κ2) is 12.7. The number of thiophene rings is 1. The van der Waals surface area contributed by atoms with E-state index >= 15 is 0 Å². The predicted molar refractivity (Wildman–Crippen MR) is 172 cm³/mol. The van der Waals surface area contributed by atoms with Crippen molar-refractivity contribution in [2.24, 2.45) is 0 Å². The van der Waals surface area contributed by atoms with Crippen molar-refractivity contribution in [2.75, 3.05) is 0 Å². The van der Waals surface area contributed by atoms with Gasteiger partial charge in [0.15, 0.2) is 0 Å².